The van der Waals surface area contributed by atoms with Crippen LogP contribution in [0.3, 0.4) is 0 Å². The Hall–Kier alpha value is -2.90. The molecule has 1 N–H and O–H groups in total. The molecule has 0 unspecified atom stereocenters. The maximum absolute atomic E-state index is 12.7. The lowest BCUT2D eigenvalue weighted by atomic mass is 10.1. The van der Waals surface area contributed by atoms with E-state index in [4.69, 9.17) is 14.5 Å². The van der Waals surface area contributed by atoms with Crippen LogP contribution in [0, 0.1) is 0 Å². The van der Waals surface area contributed by atoms with Gasteiger partial charge in [0.25, 0.3) is 5.56 Å². The summed E-state index contributed by atoms with van der Waals surface area (Å²) in [6.07, 6.45) is 0.627. The third kappa shape index (κ3) is 3.39. The summed E-state index contributed by atoms with van der Waals surface area (Å²) in [5.74, 6) is 0.773. The van der Waals surface area contributed by atoms with Gasteiger partial charge in [-0.25, -0.2) is 9.50 Å². The van der Waals surface area contributed by atoms with Gasteiger partial charge in [0.05, 0.1) is 25.1 Å². The number of benzene rings is 1. The zero-order chi connectivity index (χ0) is 18.8. The highest BCUT2D eigenvalue weighted by Crippen LogP contribution is 2.29. The van der Waals surface area contributed by atoms with Gasteiger partial charge >= 0.3 is 0 Å². The Morgan fingerprint density at radius 3 is 2.67 bits per heavy atom. The maximum Gasteiger partial charge on any atom is 0.272 e. The third-order valence-corrected chi connectivity index (χ3v) is 5.11. The Morgan fingerprint density at radius 1 is 1.19 bits per heavy atom. The number of aromatic amines is 1. The highest BCUT2D eigenvalue weighted by Gasteiger charge is 2.17. The number of fused-ring (bicyclic) bond motifs is 1. The van der Waals surface area contributed by atoms with Gasteiger partial charge in [-0.2, -0.15) is 11.3 Å². The van der Waals surface area contributed by atoms with Crippen molar-refractivity contribution in [1.29, 1.82) is 0 Å². The molecule has 0 bridgehead atoms. The second kappa shape index (κ2) is 7.38. The van der Waals surface area contributed by atoms with Crippen molar-refractivity contribution in [3.63, 3.8) is 0 Å². The van der Waals surface area contributed by atoms with E-state index in [1.165, 1.54) is 4.52 Å². The first kappa shape index (κ1) is 17.5. The number of H-pyrrole nitrogens is 1. The highest BCUT2D eigenvalue weighted by atomic mass is 32.1. The van der Waals surface area contributed by atoms with E-state index >= 15 is 0 Å². The van der Waals surface area contributed by atoms with Crippen molar-refractivity contribution in [1.82, 2.24) is 14.6 Å². The first-order valence-electron chi connectivity index (χ1n) is 8.47. The lowest BCUT2D eigenvalue weighted by Gasteiger charge is -2.05. The number of nitrogens with one attached hydrogen (secondary N) is 1. The van der Waals surface area contributed by atoms with Crippen molar-refractivity contribution in [3.05, 3.63) is 74.5 Å². The second-order valence-corrected chi connectivity index (χ2v) is 6.96. The number of ether oxygens (including phenoxy) is 2. The fraction of sp³-hybridized carbons (Fsp3) is 0.200. The fourth-order valence-corrected chi connectivity index (χ4v) is 3.80. The van der Waals surface area contributed by atoms with Crippen LogP contribution in [0.5, 0.6) is 5.75 Å². The minimum Gasteiger partial charge on any atom is -0.497 e. The van der Waals surface area contributed by atoms with Crippen molar-refractivity contribution in [3.8, 4) is 16.9 Å². The monoisotopic (exact) mass is 381 g/mol. The lowest BCUT2D eigenvalue weighted by Crippen LogP contribution is -2.16. The molecule has 0 spiro atoms. The van der Waals surface area contributed by atoms with Crippen molar-refractivity contribution in [2.24, 2.45) is 0 Å². The smallest absolute Gasteiger partial charge is 0.272 e. The average molecular weight is 381 g/mol. The van der Waals surface area contributed by atoms with Gasteiger partial charge in [0.15, 0.2) is 5.65 Å². The molecule has 27 heavy (non-hydrogen) atoms. The molecule has 4 rings (SSSR count). The molecular formula is C20H19N3O3S. The van der Waals surface area contributed by atoms with Gasteiger partial charge in [-0.1, -0.05) is 12.1 Å². The van der Waals surface area contributed by atoms with Crippen molar-refractivity contribution in [2.45, 2.75) is 13.0 Å². The molecule has 0 atom stereocenters. The van der Waals surface area contributed by atoms with Gasteiger partial charge in [-0.15, -0.1) is 0 Å². The number of hydrogen-bond donors (Lipinski definition) is 1. The van der Waals surface area contributed by atoms with E-state index in [0.29, 0.717) is 18.7 Å². The molecule has 0 amide bonds. The molecule has 1 aromatic carbocycles. The molecule has 3 aromatic heterocycles. The van der Waals surface area contributed by atoms with E-state index in [-0.39, 0.29) is 5.56 Å². The number of methoxy groups -OCH3 is 2. The summed E-state index contributed by atoms with van der Waals surface area (Å²) >= 11 is 1.64. The molecule has 6 nitrogen and oxygen atoms in total. The second-order valence-electron chi connectivity index (χ2n) is 6.18. The first-order valence-corrected chi connectivity index (χ1v) is 9.42. The van der Waals surface area contributed by atoms with Crippen LogP contribution < -0.4 is 10.3 Å². The number of hydrogen-bond acceptors (Lipinski definition) is 5. The van der Waals surface area contributed by atoms with Crippen molar-refractivity contribution < 1.29 is 9.47 Å². The molecule has 0 aliphatic carbocycles. The quantitative estimate of drug-likeness (QED) is 0.555. The van der Waals surface area contributed by atoms with Gasteiger partial charge in [0.2, 0.25) is 0 Å². The Labute approximate surface area is 160 Å². The molecule has 4 aromatic rings. The topological polar surface area (TPSA) is 68.6 Å². The Balaban J connectivity index is 1.89. The maximum atomic E-state index is 12.7. The van der Waals surface area contributed by atoms with E-state index in [1.54, 1.807) is 31.6 Å². The van der Waals surface area contributed by atoms with E-state index in [1.807, 2.05) is 35.7 Å². The van der Waals surface area contributed by atoms with Gasteiger partial charge in [0, 0.05) is 25.2 Å². The van der Waals surface area contributed by atoms with Crippen molar-refractivity contribution in [2.75, 3.05) is 14.2 Å². The summed E-state index contributed by atoms with van der Waals surface area (Å²) in [7, 11) is 3.26. The highest BCUT2D eigenvalue weighted by molar-refractivity contribution is 7.07. The SMILES string of the molecule is COCc1[nH]n2c(=O)cc(Cc3ccsc3)nc2c1-c1ccc(OC)cc1. The van der Waals surface area contributed by atoms with Crippen LogP contribution in [0.4, 0.5) is 0 Å². The number of nitrogens with zero attached hydrogens (tertiary/aromatic N) is 2. The number of thiophene rings is 1. The fourth-order valence-electron chi connectivity index (χ4n) is 3.13. The normalized spacial score (nSPS) is 11.2. The predicted octanol–water partition coefficient (Wildman–Crippen LogP) is 3.50. The third-order valence-electron chi connectivity index (χ3n) is 4.38. The lowest BCUT2D eigenvalue weighted by molar-refractivity contribution is 0.181. The zero-order valence-corrected chi connectivity index (χ0v) is 15.9. The van der Waals surface area contributed by atoms with Gasteiger partial charge in [-0.3, -0.25) is 9.89 Å². The Kier molecular flexibility index (Phi) is 4.79. The van der Waals surface area contributed by atoms with Crippen LogP contribution in [0.25, 0.3) is 16.8 Å². The standard InChI is InChI=1S/C20H19N3O3S/c1-25-11-17-19(14-3-5-16(26-2)6-4-14)20-21-15(9-13-7-8-27-12-13)10-18(24)23(20)22-17/h3-8,10,12,22H,9,11H2,1-2H3. The minimum atomic E-state index is -0.137. The Morgan fingerprint density at radius 2 is 2.00 bits per heavy atom. The summed E-state index contributed by atoms with van der Waals surface area (Å²) in [4.78, 5) is 17.4. The van der Waals surface area contributed by atoms with Crippen LogP contribution >= 0.6 is 11.3 Å². The Bertz CT molecular complexity index is 1110. The summed E-state index contributed by atoms with van der Waals surface area (Å²) in [5.41, 5.74) is 4.98. The predicted molar refractivity (Wildman–Crippen MR) is 106 cm³/mol. The largest absolute Gasteiger partial charge is 0.497 e. The molecule has 0 saturated carbocycles. The summed E-state index contributed by atoms with van der Waals surface area (Å²) < 4.78 is 12.0. The van der Waals surface area contributed by atoms with Crippen LogP contribution in [-0.4, -0.2) is 28.8 Å². The van der Waals surface area contributed by atoms with Crippen LogP contribution in [0.1, 0.15) is 17.0 Å². The molecule has 0 radical (unpaired) electrons. The van der Waals surface area contributed by atoms with E-state index in [0.717, 1.165) is 33.8 Å². The van der Waals surface area contributed by atoms with Gasteiger partial charge in [-0.05, 0) is 40.1 Å². The molecule has 0 fully saturated rings. The molecule has 3 heterocycles. The summed E-state index contributed by atoms with van der Waals surface area (Å²) in [5, 5.41) is 7.23. The molecule has 0 aliphatic heterocycles. The van der Waals surface area contributed by atoms with E-state index in [9.17, 15) is 4.79 Å². The molecule has 0 aliphatic rings. The average Bonchev–Trinajstić information content (AvgIpc) is 3.30. The number of rotatable bonds is 6. The van der Waals surface area contributed by atoms with E-state index in [2.05, 4.69) is 10.5 Å². The molecule has 138 valence electrons. The van der Waals surface area contributed by atoms with E-state index < -0.39 is 0 Å². The van der Waals surface area contributed by atoms with Gasteiger partial charge < -0.3 is 9.47 Å². The van der Waals surface area contributed by atoms with Crippen LogP contribution in [0.15, 0.2) is 52.0 Å². The summed E-state index contributed by atoms with van der Waals surface area (Å²) in [6, 6.07) is 11.3. The summed E-state index contributed by atoms with van der Waals surface area (Å²) in [6.45, 7) is 0.351. The minimum absolute atomic E-state index is 0.137. The van der Waals surface area contributed by atoms with Crippen LogP contribution in [-0.2, 0) is 17.8 Å². The zero-order valence-electron chi connectivity index (χ0n) is 15.1. The molecule has 0 saturated heterocycles. The molecular weight excluding hydrogens is 362 g/mol. The first-order chi connectivity index (χ1) is 13.2. The van der Waals surface area contributed by atoms with Crippen LogP contribution in [0.2, 0.25) is 0 Å². The molecule has 7 heteroatoms. The van der Waals surface area contributed by atoms with Crippen molar-refractivity contribution >= 4 is 17.0 Å². The number of aromatic nitrogens is 3. The van der Waals surface area contributed by atoms with Gasteiger partial charge in [0.1, 0.15) is 5.75 Å².